The van der Waals surface area contributed by atoms with Gasteiger partial charge >= 0.3 is 0 Å². The minimum Gasteiger partial charge on any atom is -0.465 e. The van der Waals surface area contributed by atoms with E-state index in [1.54, 1.807) is 7.11 Å². The predicted octanol–water partition coefficient (Wildman–Crippen LogP) is 0.994. The first-order valence-electron chi connectivity index (χ1n) is 5.10. The fraction of sp³-hybridized carbons (Fsp3) is 0.636. The molecule has 4 nitrogen and oxygen atoms in total. The lowest BCUT2D eigenvalue weighted by Gasteiger charge is -2.19. The van der Waals surface area contributed by atoms with Crippen molar-refractivity contribution in [2.45, 2.75) is 19.5 Å². The van der Waals surface area contributed by atoms with E-state index in [2.05, 4.69) is 4.90 Å². The zero-order valence-electron chi connectivity index (χ0n) is 9.69. The Morgan fingerprint density at radius 3 is 2.80 bits per heavy atom. The molecule has 1 aromatic heterocycles. The van der Waals surface area contributed by atoms with Gasteiger partial charge in [0.25, 0.3) is 0 Å². The number of methoxy groups -OCH3 is 1. The van der Waals surface area contributed by atoms with Gasteiger partial charge in [0, 0.05) is 19.7 Å². The van der Waals surface area contributed by atoms with Gasteiger partial charge < -0.3 is 14.9 Å². The van der Waals surface area contributed by atoms with Gasteiger partial charge in [0.2, 0.25) is 0 Å². The molecule has 0 saturated carbocycles. The lowest BCUT2D eigenvalue weighted by Crippen LogP contribution is -2.38. The van der Waals surface area contributed by atoms with Gasteiger partial charge in [-0.15, -0.1) is 0 Å². The van der Waals surface area contributed by atoms with Crippen molar-refractivity contribution in [2.24, 2.45) is 5.73 Å². The molecule has 0 bridgehead atoms. The highest BCUT2D eigenvalue weighted by atomic mass is 16.5. The molecule has 0 saturated heterocycles. The topological polar surface area (TPSA) is 51.6 Å². The Morgan fingerprint density at radius 2 is 2.27 bits per heavy atom. The average Bonchev–Trinajstić information content (AvgIpc) is 2.51. The molecule has 0 amide bonds. The lowest BCUT2D eigenvalue weighted by atomic mass is 10.3. The van der Waals surface area contributed by atoms with Crippen molar-refractivity contribution in [3.05, 3.63) is 23.7 Å². The van der Waals surface area contributed by atoms with Crippen LogP contribution in [0.1, 0.15) is 11.5 Å². The van der Waals surface area contributed by atoms with Crippen LogP contribution >= 0.6 is 0 Å². The smallest absolute Gasteiger partial charge is 0.118 e. The molecule has 1 heterocycles. The van der Waals surface area contributed by atoms with Gasteiger partial charge in [-0.05, 0) is 26.1 Å². The average molecular weight is 212 g/mol. The maximum Gasteiger partial charge on any atom is 0.118 e. The Balaban J connectivity index is 2.32. The molecule has 1 atom stereocenters. The highest BCUT2D eigenvalue weighted by Gasteiger charge is 2.08. The maximum atomic E-state index is 5.85. The summed E-state index contributed by atoms with van der Waals surface area (Å²) in [6, 6.07) is 4.02. The third-order valence-electron chi connectivity index (χ3n) is 2.15. The third kappa shape index (κ3) is 4.46. The number of hydrogen-bond donors (Lipinski definition) is 1. The molecule has 0 aromatic carbocycles. The Kier molecular flexibility index (Phi) is 4.81. The van der Waals surface area contributed by atoms with Crippen molar-refractivity contribution in [2.75, 3.05) is 27.3 Å². The normalized spacial score (nSPS) is 13.4. The van der Waals surface area contributed by atoms with Crippen LogP contribution < -0.4 is 5.73 Å². The minimum atomic E-state index is 0.0519. The summed E-state index contributed by atoms with van der Waals surface area (Å²) < 4.78 is 10.5. The molecule has 0 spiro atoms. The van der Waals surface area contributed by atoms with E-state index in [1.165, 1.54) is 0 Å². The van der Waals surface area contributed by atoms with E-state index in [0.717, 1.165) is 24.6 Å². The summed E-state index contributed by atoms with van der Waals surface area (Å²) >= 11 is 0. The first kappa shape index (κ1) is 12.2. The SMILES string of the molecule is COCC(N)CN(C)Cc1ccc(C)o1. The molecule has 1 rings (SSSR count). The molecule has 0 aliphatic heterocycles. The minimum absolute atomic E-state index is 0.0519. The van der Waals surface area contributed by atoms with E-state index in [9.17, 15) is 0 Å². The summed E-state index contributed by atoms with van der Waals surface area (Å²) in [6.07, 6.45) is 0. The summed E-state index contributed by atoms with van der Waals surface area (Å²) in [5.41, 5.74) is 5.85. The molecule has 0 aliphatic rings. The fourth-order valence-corrected chi connectivity index (χ4v) is 1.57. The van der Waals surface area contributed by atoms with Crippen molar-refractivity contribution in [3.8, 4) is 0 Å². The summed E-state index contributed by atoms with van der Waals surface area (Å²) in [4.78, 5) is 2.13. The van der Waals surface area contributed by atoms with Crippen molar-refractivity contribution < 1.29 is 9.15 Å². The second-order valence-corrected chi connectivity index (χ2v) is 3.92. The highest BCUT2D eigenvalue weighted by molar-refractivity contribution is 5.05. The zero-order chi connectivity index (χ0) is 11.3. The largest absolute Gasteiger partial charge is 0.465 e. The van der Waals surface area contributed by atoms with E-state index in [-0.39, 0.29) is 6.04 Å². The first-order chi connectivity index (χ1) is 7.11. The number of nitrogens with two attached hydrogens (primary N) is 1. The predicted molar refractivity (Wildman–Crippen MR) is 59.6 cm³/mol. The van der Waals surface area contributed by atoms with Crippen LogP contribution in [0.15, 0.2) is 16.5 Å². The van der Waals surface area contributed by atoms with Gasteiger partial charge in [-0.3, -0.25) is 4.90 Å². The lowest BCUT2D eigenvalue weighted by molar-refractivity contribution is 0.157. The van der Waals surface area contributed by atoms with Crippen molar-refractivity contribution in [3.63, 3.8) is 0 Å². The van der Waals surface area contributed by atoms with E-state index in [1.807, 2.05) is 26.1 Å². The molecule has 1 unspecified atom stereocenters. The molecule has 1 aromatic rings. The Bertz CT molecular complexity index is 286. The Labute approximate surface area is 91.0 Å². The second-order valence-electron chi connectivity index (χ2n) is 3.92. The van der Waals surface area contributed by atoms with E-state index in [4.69, 9.17) is 14.9 Å². The number of aryl methyl sites for hydroxylation is 1. The summed E-state index contributed by atoms with van der Waals surface area (Å²) in [7, 11) is 3.68. The fourth-order valence-electron chi connectivity index (χ4n) is 1.57. The molecular weight excluding hydrogens is 192 g/mol. The standard InChI is InChI=1S/C11H20N2O2/c1-9-4-5-11(15-9)7-13(2)6-10(12)8-14-3/h4-5,10H,6-8,12H2,1-3H3. The first-order valence-corrected chi connectivity index (χ1v) is 5.10. The van der Waals surface area contributed by atoms with Gasteiger partial charge in [-0.2, -0.15) is 0 Å². The highest BCUT2D eigenvalue weighted by Crippen LogP contribution is 2.08. The Morgan fingerprint density at radius 1 is 1.53 bits per heavy atom. The van der Waals surface area contributed by atoms with Gasteiger partial charge in [-0.25, -0.2) is 0 Å². The molecule has 0 fully saturated rings. The maximum absolute atomic E-state index is 5.85. The van der Waals surface area contributed by atoms with E-state index in [0.29, 0.717) is 6.61 Å². The van der Waals surface area contributed by atoms with Crippen LogP contribution in [0.3, 0.4) is 0 Å². The summed E-state index contributed by atoms with van der Waals surface area (Å²) in [5.74, 6) is 1.92. The van der Waals surface area contributed by atoms with E-state index < -0.39 is 0 Å². The summed E-state index contributed by atoms with van der Waals surface area (Å²) in [6.45, 7) is 4.11. The van der Waals surface area contributed by atoms with Crippen LogP contribution in [0.25, 0.3) is 0 Å². The van der Waals surface area contributed by atoms with Crippen molar-refractivity contribution in [1.82, 2.24) is 4.90 Å². The van der Waals surface area contributed by atoms with Crippen molar-refractivity contribution in [1.29, 1.82) is 0 Å². The molecule has 0 radical (unpaired) electrons. The number of likely N-dealkylation sites (N-methyl/N-ethyl adjacent to an activating group) is 1. The molecule has 2 N–H and O–H groups in total. The van der Waals surface area contributed by atoms with Crippen LogP contribution in [0.4, 0.5) is 0 Å². The van der Waals surface area contributed by atoms with Gasteiger partial charge in [0.15, 0.2) is 0 Å². The zero-order valence-corrected chi connectivity index (χ0v) is 9.69. The Hall–Kier alpha value is -0.840. The van der Waals surface area contributed by atoms with Crippen molar-refractivity contribution >= 4 is 0 Å². The monoisotopic (exact) mass is 212 g/mol. The van der Waals surface area contributed by atoms with Crippen LogP contribution in [0.2, 0.25) is 0 Å². The molecular formula is C11H20N2O2. The molecule has 4 heteroatoms. The molecule has 0 aliphatic carbocycles. The number of furan rings is 1. The van der Waals surface area contributed by atoms with Crippen LogP contribution in [-0.2, 0) is 11.3 Å². The number of hydrogen-bond acceptors (Lipinski definition) is 4. The number of rotatable bonds is 6. The van der Waals surface area contributed by atoms with E-state index >= 15 is 0 Å². The van der Waals surface area contributed by atoms with Gasteiger partial charge in [-0.1, -0.05) is 0 Å². The molecule has 15 heavy (non-hydrogen) atoms. The third-order valence-corrected chi connectivity index (χ3v) is 2.15. The number of ether oxygens (including phenoxy) is 1. The quantitative estimate of drug-likeness (QED) is 0.764. The van der Waals surface area contributed by atoms with Crippen LogP contribution in [0.5, 0.6) is 0 Å². The van der Waals surface area contributed by atoms with Crippen LogP contribution in [0, 0.1) is 6.92 Å². The van der Waals surface area contributed by atoms with Gasteiger partial charge in [0.05, 0.1) is 13.2 Å². The second kappa shape index (κ2) is 5.90. The van der Waals surface area contributed by atoms with Gasteiger partial charge in [0.1, 0.15) is 11.5 Å². The number of nitrogens with zero attached hydrogens (tertiary/aromatic N) is 1. The molecule has 86 valence electrons. The summed E-state index contributed by atoms with van der Waals surface area (Å²) in [5, 5.41) is 0. The van der Waals surface area contributed by atoms with Crippen LogP contribution in [-0.4, -0.2) is 38.3 Å².